The van der Waals surface area contributed by atoms with Crippen molar-refractivity contribution in [3.8, 4) is 5.75 Å². The Hall–Kier alpha value is -1.85. The Morgan fingerprint density at radius 1 is 1.44 bits per heavy atom. The van der Waals surface area contributed by atoms with Crippen LogP contribution in [-0.4, -0.2) is 28.0 Å². The summed E-state index contributed by atoms with van der Waals surface area (Å²) >= 11 is 0. The summed E-state index contributed by atoms with van der Waals surface area (Å²) in [7, 11) is 1.86. The van der Waals surface area contributed by atoms with E-state index in [1.807, 2.05) is 20.2 Å². The molecule has 1 aromatic carbocycles. The summed E-state index contributed by atoms with van der Waals surface area (Å²) in [4.78, 5) is 0. The first-order valence-corrected chi connectivity index (χ1v) is 9.09. The Labute approximate surface area is 150 Å². The van der Waals surface area contributed by atoms with Gasteiger partial charge in [0.2, 0.25) is 0 Å². The zero-order valence-electron chi connectivity index (χ0n) is 15.6. The number of ether oxygens (including phenoxy) is 1. The van der Waals surface area contributed by atoms with Gasteiger partial charge in [-0.05, 0) is 31.2 Å². The molecular formula is C20H29N3O2. The van der Waals surface area contributed by atoms with Gasteiger partial charge in [0, 0.05) is 37.0 Å². The fourth-order valence-corrected chi connectivity index (χ4v) is 3.42. The highest BCUT2D eigenvalue weighted by molar-refractivity contribution is 5.45. The largest absolute Gasteiger partial charge is 0.493 e. The number of benzene rings is 1. The van der Waals surface area contributed by atoms with Crippen LogP contribution in [0.4, 0.5) is 0 Å². The van der Waals surface area contributed by atoms with E-state index in [9.17, 15) is 5.11 Å². The monoisotopic (exact) mass is 343 g/mol. The van der Waals surface area contributed by atoms with Gasteiger partial charge < -0.3 is 15.2 Å². The smallest absolute Gasteiger partial charge is 0.127 e. The minimum atomic E-state index is -0.961. The molecule has 0 saturated heterocycles. The topological polar surface area (TPSA) is 59.3 Å². The number of fused-ring (bicyclic) bond motifs is 1. The molecule has 2 atom stereocenters. The predicted molar refractivity (Wildman–Crippen MR) is 98.8 cm³/mol. The van der Waals surface area contributed by atoms with Crippen molar-refractivity contribution in [3.05, 3.63) is 47.3 Å². The maximum Gasteiger partial charge on any atom is 0.127 e. The molecule has 136 valence electrons. The number of hydrogen-bond acceptors (Lipinski definition) is 4. The van der Waals surface area contributed by atoms with E-state index in [1.165, 1.54) is 11.1 Å². The van der Waals surface area contributed by atoms with Crippen LogP contribution in [-0.2, 0) is 12.6 Å². The normalized spacial score (nSPS) is 19.8. The van der Waals surface area contributed by atoms with Crippen LogP contribution in [0.5, 0.6) is 5.75 Å². The van der Waals surface area contributed by atoms with Crippen LogP contribution in [0.1, 0.15) is 62.3 Å². The second-order valence-corrected chi connectivity index (χ2v) is 7.52. The lowest BCUT2D eigenvalue weighted by atomic mass is 9.93. The number of aryl methyl sites for hydroxylation is 1. The standard InChI is InChI=1S/C20H29N3O2/c1-14(2)16-7-5-8-17-18(9-6-10-25-19(16)17)21-13-20(3,24)15-11-22-23(4)12-15/h5,7-8,11-12,14,18,21,24H,6,9-10,13H2,1-4H3. The van der Waals surface area contributed by atoms with E-state index >= 15 is 0 Å². The van der Waals surface area contributed by atoms with E-state index in [0.29, 0.717) is 12.5 Å². The molecule has 1 aromatic heterocycles. The molecule has 2 N–H and O–H groups in total. The van der Waals surface area contributed by atoms with E-state index < -0.39 is 5.60 Å². The Bertz CT molecular complexity index is 721. The molecule has 2 heterocycles. The zero-order chi connectivity index (χ0) is 18.0. The lowest BCUT2D eigenvalue weighted by molar-refractivity contribution is 0.0533. The van der Waals surface area contributed by atoms with Gasteiger partial charge in [-0.3, -0.25) is 4.68 Å². The van der Waals surface area contributed by atoms with E-state index in [1.54, 1.807) is 10.9 Å². The van der Waals surface area contributed by atoms with Gasteiger partial charge in [-0.2, -0.15) is 5.10 Å². The van der Waals surface area contributed by atoms with Crippen LogP contribution in [0.2, 0.25) is 0 Å². The molecule has 0 spiro atoms. The lowest BCUT2D eigenvalue weighted by Crippen LogP contribution is -2.37. The molecule has 0 fully saturated rings. The average molecular weight is 343 g/mol. The van der Waals surface area contributed by atoms with Crippen molar-refractivity contribution in [1.29, 1.82) is 0 Å². The van der Waals surface area contributed by atoms with E-state index in [-0.39, 0.29) is 6.04 Å². The molecule has 3 rings (SSSR count). The summed E-state index contributed by atoms with van der Waals surface area (Å²) in [5.41, 5.74) is 2.32. The predicted octanol–water partition coefficient (Wildman–Crippen LogP) is 3.25. The third-order valence-corrected chi connectivity index (χ3v) is 4.98. The maximum atomic E-state index is 10.8. The molecule has 5 nitrogen and oxygen atoms in total. The van der Waals surface area contributed by atoms with E-state index in [2.05, 4.69) is 42.5 Å². The molecule has 2 unspecified atom stereocenters. The zero-order valence-corrected chi connectivity index (χ0v) is 15.6. The van der Waals surface area contributed by atoms with Crippen LogP contribution >= 0.6 is 0 Å². The summed E-state index contributed by atoms with van der Waals surface area (Å²) < 4.78 is 7.79. The van der Waals surface area contributed by atoms with Crippen LogP contribution in [0.3, 0.4) is 0 Å². The van der Waals surface area contributed by atoms with Gasteiger partial charge in [-0.25, -0.2) is 0 Å². The summed E-state index contributed by atoms with van der Waals surface area (Å²) in [6, 6.07) is 6.58. The van der Waals surface area contributed by atoms with Gasteiger partial charge in [-0.1, -0.05) is 32.0 Å². The fraction of sp³-hybridized carbons (Fsp3) is 0.550. The second-order valence-electron chi connectivity index (χ2n) is 7.52. The van der Waals surface area contributed by atoms with Crippen molar-refractivity contribution < 1.29 is 9.84 Å². The van der Waals surface area contributed by atoms with Crippen molar-refractivity contribution >= 4 is 0 Å². The molecule has 0 bridgehead atoms. The molecule has 0 aliphatic carbocycles. The van der Waals surface area contributed by atoms with Crippen molar-refractivity contribution in [2.24, 2.45) is 7.05 Å². The average Bonchev–Trinajstić information content (AvgIpc) is 2.90. The minimum Gasteiger partial charge on any atom is -0.493 e. The van der Waals surface area contributed by atoms with Gasteiger partial charge in [0.1, 0.15) is 11.4 Å². The Balaban J connectivity index is 1.81. The Morgan fingerprint density at radius 3 is 2.92 bits per heavy atom. The number of nitrogens with one attached hydrogen (secondary N) is 1. The molecule has 1 aliphatic rings. The van der Waals surface area contributed by atoms with Crippen molar-refractivity contribution in [3.63, 3.8) is 0 Å². The highest BCUT2D eigenvalue weighted by Gasteiger charge is 2.28. The van der Waals surface area contributed by atoms with Crippen molar-refractivity contribution in [1.82, 2.24) is 15.1 Å². The third-order valence-electron chi connectivity index (χ3n) is 4.98. The first-order valence-electron chi connectivity index (χ1n) is 9.09. The number of aliphatic hydroxyl groups is 1. The number of aromatic nitrogens is 2. The van der Waals surface area contributed by atoms with Gasteiger partial charge in [-0.15, -0.1) is 0 Å². The molecule has 2 aromatic rings. The summed E-state index contributed by atoms with van der Waals surface area (Å²) in [5, 5.41) is 18.6. The third kappa shape index (κ3) is 3.88. The first kappa shape index (κ1) is 18.0. The molecule has 1 aliphatic heterocycles. The van der Waals surface area contributed by atoms with Gasteiger partial charge in [0.15, 0.2) is 0 Å². The second kappa shape index (κ2) is 7.18. The number of nitrogens with zero attached hydrogens (tertiary/aromatic N) is 2. The summed E-state index contributed by atoms with van der Waals surface area (Å²) in [6.45, 7) is 7.43. The van der Waals surface area contributed by atoms with Crippen LogP contribution in [0, 0.1) is 0 Å². The van der Waals surface area contributed by atoms with Gasteiger partial charge in [0.25, 0.3) is 0 Å². The van der Waals surface area contributed by atoms with E-state index in [4.69, 9.17) is 4.74 Å². The summed E-state index contributed by atoms with van der Waals surface area (Å²) in [6.07, 6.45) is 5.59. The Kier molecular flexibility index (Phi) is 5.16. The highest BCUT2D eigenvalue weighted by Crippen LogP contribution is 2.37. The molecule has 0 amide bonds. The van der Waals surface area contributed by atoms with E-state index in [0.717, 1.165) is 30.8 Å². The molecule has 0 radical (unpaired) electrons. The number of hydrogen-bond donors (Lipinski definition) is 2. The molecule has 0 saturated carbocycles. The van der Waals surface area contributed by atoms with Gasteiger partial charge >= 0.3 is 0 Å². The van der Waals surface area contributed by atoms with Crippen LogP contribution < -0.4 is 10.1 Å². The minimum absolute atomic E-state index is 0.180. The maximum absolute atomic E-state index is 10.8. The molecule has 5 heteroatoms. The SMILES string of the molecule is CC(C)c1cccc2c1OCCCC2NCC(C)(O)c1cnn(C)c1. The Morgan fingerprint density at radius 2 is 2.24 bits per heavy atom. The van der Waals surface area contributed by atoms with Crippen LogP contribution in [0.25, 0.3) is 0 Å². The van der Waals surface area contributed by atoms with Gasteiger partial charge in [0.05, 0.1) is 12.8 Å². The van der Waals surface area contributed by atoms with Crippen molar-refractivity contribution in [2.45, 2.75) is 51.2 Å². The van der Waals surface area contributed by atoms with Crippen molar-refractivity contribution in [2.75, 3.05) is 13.2 Å². The number of para-hydroxylation sites is 1. The fourth-order valence-electron chi connectivity index (χ4n) is 3.42. The lowest BCUT2D eigenvalue weighted by Gasteiger charge is -2.27. The molecular weight excluding hydrogens is 314 g/mol. The first-order chi connectivity index (χ1) is 11.9. The summed E-state index contributed by atoms with van der Waals surface area (Å²) in [5.74, 6) is 1.45. The number of rotatable bonds is 5. The molecule has 25 heavy (non-hydrogen) atoms. The highest BCUT2D eigenvalue weighted by atomic mass is 16.5. The quantitative estimate of drug-likeness (QED) is 0.875. The van der Waals surface area contributed by atoms with Crippen LogP contribution in [0.15, 0.2) is 30.6 Å².